The monoisotopic (exact) mass is 276 g/mol. The molecule has 1 aromatic heterocycles. The Bertz CT molecular complexity index is 564. The second kappa shape index (κ2) is 4.94. The Kier molecular flexibility index (Phi) is 3.25. The number of carbonyl (C=O) groups excluding carboxylic acids is 1. The van der Waals surface area contributed by atoms with Crippen molar-refractivity contribution in [2.24, 2.45) is 11.1 Å². The zero-order valence-corrected chi connectivity index (χ0v) is 11.4. The molecule has 1 aliphatic heterocycles. The molecule has 2 fully saturated rings. The summed E-state index contributed by atoms with van der Waals surface area (Å²) in [4.78, 5) is 28.0. The summed E-state index contributed by atoms with van der Waals surface area (Å²) >= 11 is 0. The fraction of sp³-hybridized carbons (Fsp3) is 0.571. The van der Waals surface area contributed by atoms with Gasteiger partial charge in [0.05, 0.1) is 0 Å². The molecular formula is C14H20N4O2. The van der Waals surface area contributed by atoms with E-state index in [0.29, 0.717) is 12.1 Å². The molecule has 1 spiro atoms. The molecule has 0 bridgehead atoms. The number of nitrogens with zero attached hydrogens (tertiary/aromatic N) is 1. The number of hydrogen-bond donors (Lipinski definition) is 3. The van der Waals surface area contributed by atoms with Crippen molar-refractivity contribution in [3.63, 3.8) is 0 Å². The smallest absolute Gasteiger partial charge is 0.317 e. The Hall–Kier alpha value is -1.82. The van der Waals surface area contributed by atoms with Crippen LogP contribution >= 0.6 is 0 Å². The normalized spacial score (nSPS) is 23.6. The maximum absolute atomic E-state index is 12.2. The lowest BCUT2D eigenvalue weighted by atomic mass is 9.66. The Morgan fingerprint density at radius 2 is 2.35 bits per heavy atom. The first-order valence-corrected chi connectivity index (χ1v) is 7.06. The van der Waals surface area contributed by atoms with Crippen LogP contribution in [0, 0.1) is 5.41 Å². The summed E-state index contributed by atoms with van der Waals surface area (Å²) < 4.78 is 0. The van der Waals surface area contributed by atoms with Crippen LogP contribution in [-0.2, 0) is 6.54 Å². The minimum absolute atomic E-state index is 0.0853. The number of carbonyl (C=O) groups is 1. The summed E-state index contributed by atoms with van der Waals surface area (Å²) in [6, 6.07) is 3.41. The number of aromatic nitrogens is 1. The third-order valence-corrected chi connectivity index (χ3v) is 4.68. The quantitative estimate of drug-likeness (QED) is 0.730. The molecule has 1 atom stereocenters. The molecule has 1 aliphatic carbocycles. The van der Waals surface area contributed by atoms with E-state index in [1.54, 1.807) is 23.2 Å². The first kappa shape index (κ1) is 13.2. The zero-order chi connectivity index (χ0) is 14.2. The summed E-state index contributed by atoms with van der Waals surface area (Å²) in [6.45, 7) is 1.59. The van der Waals surface area contributed by atoms with Crippen molar-refractivity contribution in [3.8, 4) is 0 Å². The predicted molar refractivity (Wildman–Crippen MR) is 75.1 cm³/mol. The van der Waals surface area contributed by atoms with Gasteiger partial charge in [-0.05, 0) is 18.9 Å². The molecule has 2 heterocycles. The molecule has 108 valence electrons. The number of likely N-dealkylation sites (tertiary alicyclic amines) is 1. The van der Waals surface area contributed by atoms with Crippen molar-refractivity contribution in [1.82, 2.24) is 15.2 Å². The van der Waals surface area contributed by atoms with Crippen LogP contribution in [0.5, 0.6) is 0 Å². The van der Waals surface area contributed by atoms with Gasteiger partial charge in [0, 0.05) is 42.9 Å². The van der Waals surface area contributed by atoms with Gasteiger partial charge in [0.25, 0.3) is 5.56 Å². The highest BCUT2D eigenvalue weighted by Gasteiger charge is 2.49. The van der Waals surface area contributed by atoms with E-state index >= 15 is 0 Å². The number of amides is 2. The molecule has 4 N–H and O–H groups in total. The summed E-state index contributed by atoms with van der Waals surface area (Å²) in [5.74, 6) is 0. The minimum atomic E-state index is -0.165. The lowest BCUT2D eigenvalue weighted by Crippen LogP contribution is -2.45. The molecule has 20 heavy (non-hydrogen) atoms. The van der Waals surface area contributed by atoms with Gasteiger partial charge in [-0.2, -0.15) is 0 Å². The molecule has 6 heteroatoms. The van der Waals surface area contributed by atoms with Gasteiger partial charge in [0.1, 0.15) is 0 Å². The van der Waals surface area contributed by atoms with Crippen LogP contribution in [0.25, 0.3) is 0 Å². The van der Waals surface area contributed by atoms with Crippen LogP contribution in [0.3, 0.4) is 0 Å². The Labute approximate surface area is 117 Å². The lowest BCUT2D eigenvalue weighted by Gasteiger charge is -2.41. The highest BCUT2D eigenvalue weighted by atomic mass is 16.2. The Morgan fingerprint density at radius 3 is 2.95 bits per heavy atom. The van der Waals surface area contributed by atoms with E-state index in [4.69, 9.17) is 5.73 Å². The number of rotatable bonds is 2. The number of urea groups is 1. The third-order valence-electron chi connectivity index (χ3n) is 4.68. The van der Waals surface area contributed by atoms with Crippen molar-refractivity contribution in [2.45, 2.75) is 31.8 Å². The van der Waals surface area contributed by atoms with Gasteiger partial charge in [0.2, 0.25) is 0 Å². The van der Waals surface area contributed by atoms with Crippen LogP contribution in [0.1, 0.15) is 24.8 Å². The van der Waals surface area contributed by atoms with Crippen LogP contribution in [0.2, 0.25) is 0 Å². The van der Waals surface area contributed by atoms with Gasteiger partial charge in [-0.1, -0.05) is 12.5 Å². The fourth-order valence-corrected chi connectivity index (χ4v) is 3.19. The molecule has 1 aromatic rings. The highest BCUT2D eigenvalue weighted by molar-refractivity contribution is 5.74. The molecule has 1 saturated carbocycles. The third kappa shape index (κ3) is 2.20. The van der Waals surface area contributed by atoms with E-state index in [1.807, 2.05) is 0 Å². The van der Waals surface area contributed by atoms with E-state index in [2.05, 4.69) is 10.3 Å². The average Bonchev–Trinajstić information content (AvgIpc) is 2.75. The molecule has 1 saturated heterocycles. The van der Waals surface area contributed by atoms with E-state index < -0.39 is 0 Å². The van der Waals surface area contributed by atoms with E-state index in [-0.39, 0.29) is 29.6 Å². The van der Waals surface area contributed by atoms with Crippen LogP contribution in [-0.4, -0.2) is 35.0 Å². The number of nitrogens with two attached hydrogens (primary N) is 1. The van der Waals surface area contributed by atoms with Gasteiger partial charge >= 0.3 is 6.03 Å². The molecule has 1 unspecified atom stereocenters. The van der Waals surface area contributed by atoms with Crippen molar-refractivity contribution in [3.05, 3.63) is 34.2 Å². The van der Waals surface area contributed by atoms with Crippen LogP contribution in [0.15, 0.2) is 23.1 Å². The first-order chi connectivity index (χ1) is 9.61. The van der Waals surface area contributed by atoms with Gasteiger partial charge < -0.3 is 20.9 Å². The minimum Gasteiger partial charge on any atom is -0.334 e. The summed E-state index contributed by atoms with van der Waals surface area (Å²) in [6.07, 6.45) is 5.03. The second-order valence-corrected chi connectivity index (χ2v) is 5.89. The molecule has 2 amide bonds. The Morgan fingerprint density at radius 1 is 1.55 bits per heavy atom. The maximum atomic E-state index is 12.2. The maximum Gasteiger partial charge on any atom is 0.317 e. The van der Waals surface area contributed by atoms with Crippen molar-refractivity contribution in [2.75, 3.05) is 13.1 Å². The number of aromatic amines is 1. The molecule has 0 radical (unpaired) electrons. The van der Waals surface area contributed by atoms with E-state index in [0.717, 1.165) is 19.4 Å². The summed E-state index contributed by atoms with van der Waals surface area (Å²) in [7, 11) is 0. The van der Waals surface area contributed by atoms with Crippen molar-refractivity contribution < 1.29 is 4.79 Å². The molecule has 0 aromatic carbocycles. The molecule has 3 rings (SSSR count). The number of hydrogen-bond acceptors (Lipinski definition) is 3. The molecule has 6 nitrogen and oxygen atoms in total. The topological polar surface area (TPSA) is 91.2 Å². The van der Waals surface area contributed by atoms with Gasteiger partial charge in [-0.25, -0.2) is 4.79 Å². The van der Waals surface area contributed by atoms with Crippen molar-refractivity contribution in [1.29, 1.82) is 0 Å². The number of H-pyrrole nitrogens is 1. The molecule has 2 aliphatic rings. The standard InChI is InChI=1S/C14H20N4O2/c15-11-8-18(9-14(11)4-2-5-14)13(20)17-7-10-3-1-6-16-12(10)19/h1,3,6,11H,2,4-5,7-9,15H2,(H,16,19)(H,17,20). The van der Waals surface area contributed by atoms with Crippen LogP contribution in [0.4, 0.5) is 4.79 Å². The van der Waals surface area contributed by atoms with E-state index in [9.17, 15) is 9.59 Å². The number of nitrogens with one attached hydrogen (secondary N) is 2. The van der Waals surface area contributed by atoms with E-state index in [1.165, 1.54) is 6.42 Å². The van der Waals surface area contributed by atoms with Gasteiger partial charge in [-0.15, -0.1) is 0 Å². The predicted octanol–water partition coefficient (Wildman–Crippen LogP) is 0.398. The fourth-order valence-electron chi connectivity index (χ4n) is 3.19. The SMILES string of the molecule is NC1CN(C(=O)NCc2ccc[nH]c2=O)CC12CCC2. The molecular weight excluding hydrogens is 256 g/mol. The Balaban J connectivity index is 1.58. The van der Waals surface area contributed by atoms with Gasteiger partial charge in [0.15, 0.2) is 0 Å². The summed E-state index contributed by atoms with van der Waals surface area (Å²) in [5, 5.41) is 2.80. The largest absolute Gasteiger partial charge is 0.334 e. The number of pyridine rings is 1. The lowest BCUT2D eigenvalue weighted by molar-refractivity contribution is 0.125. The summed E-state index contributed by atoms with van der Waals surface area (Å²) in [5.41, 5.74) is 6.70. The zero-order valence-electron chi connectivity index (χ0n) is 11.4. The van der Waals surface area contributed by atoms with Gasteiger partial charge in [-0.3, -0.25) is 4.79 Å². The van der Waals surface area contributed by atoms with Crippen molar-refractivity contribution >= 4 is 6.03 Å². The first-order valence-electron chi connectivity index (χ1n) is 7.06. The van der Waals surface area contributed by atoms with Crippen LogP contribution < -0.4 is 16.6 Å². The highest BCUT2D eigenvalue weighted by Crippen LogP contribution is 2.47. The second-order valence-electron chi connectivity index (χ2n) is 5.89. The average molecular weight is 276 g/mol.